The second-order valence-corrected chi connectivity index (χ2v) is 5.81. The summed E-state index contributed by atoms with van der Waals surface area (Å²) in [6.07, 6.45) is 0.612. The van der Waals surface area contributed by atoms with E-state index in [4.69, 9.17) is 25.8 Å². The van der Waals surface area contributed by atoms with Gasteiger partial charge in [-0.1, -0.05) is 48.9 Å². The molecule has 3 rings (SSSR count). The van der Waals surface area contributed by atoms with Gasteiger partial charge in [-0.3, -0.25) is 0 Å². The summed E-state index contributed by atoms with van der Waals surface area (Å²) in [6.45, 7) is 4.38. The van der Waals surface area contributed by atoms with Crippen molar-refractivity contribution in [1.82, 2.24) is 0 Å². The average Bonchev–Trinajstić information content (AvgIpc) is 2.94. The minimum Gasteiger partial charge on any atom is -0.520 e. The Morgan fingerprint density at radius 2 is 2.00 bits per heavy atom. The van der Waals surface area contributed by atoms with Crippen LogP contribution in [0.1, 0.15) is 18.9 Å². The van der Waals surface area contributed by atoms with Gasteiger partial charge in [0, 0.05) is 6.07 Å². The molecule has 2 aromatic carbocycles. The zero-order valence-electron chi connectivity index (χ0n) is 13.4. The summed E-state index contributed by atoms with van der Waals surface area (Å²) in [6, 6.07) is 15.4. The average molecular weight is 451 g/mol. The Balaban J connectivity index is 0.00000192. The summed E-state index contributed by atoms with van der Waals surface area (Å²) in [5.74, 6) is 1.71. The molecule has 2 atom stereocenters. The minimum atomic E-state index is -0.238. The van der Waals surface area contributed by atoms with E-state index in [1.54, 1.807) is 12.1 Å². The molecule has 1 aliphatic rings. The van der Waals surface area contributed by atoms with Gasteiger partial charge in [-0.05, 0) is 24.1 Å². The van der Waals surface area contributed by atoms with Crippen LogP contribution >= 0.6 is 11.6 Å². The topological polar surface area (TPSA) is 27.7 Å². The van der Waals surface area contributed by atoms with Crippen LogP contribution in [-0.4, -0.2) is 6.29 Å². The summed E-state index contributed by atoms with van der Waals surface area (Å²) in [5.41, 5.74) is 1.09. The summed E-state index contributed by atoms with van der Waals surface area (Å²) >= 11 is 6.18. The van der Waals surface area contributed by atoms with Gasteiger partial charge in [0.1, 0.15) is 18.1 Å². The van der Waals surface area contributed by atoms with Crippen LogP contribution in [0.15, 0.2) is 48.5 Å². The molecule has 0 bridgehead atoms. The SMILES string of the molecule is C[C@H]1[CH-]OC(Oc2ccc(Cl)c(OCc3ccccc3)c2)C1.[Cs+]. The van der Waals surface area contributed by atoms with Crippen molar-refractivity contribution < 1.29 is 83.1 Å². The molecule has 0 aliphatic carbocycles. The largest absolute Gasteiger partial charge is 1.00 e. The standard InChI is InChI=1S/C18H18ClO3.Cs/c1-13-9-18(21-11-13)22-15-7-8-16(19)17(10-15)20-12-14-5-3-2-4-6-14;/h2-8,10-11,13,18H,9,12H2,1H3;/q-1;+1/t13-,18?;/m1./s1. The first kappa shape index (κ1) is 19.7. The molecule has 1 fully saturated rings. The zero-order valence-corrected chi connectivity index (χ0v) is 20.4. The molecule has 0 saturated carbocycles. The maximum absolute atomic E-state index is 6.18. The van der Waals surface area contributed by atoms with Gasteiger partial charge in [0.05, 0.1) is 5.02 Å². The molecule has 3 nitrogen and oxygen atoms in total. The van der Waals surface area contributed by atoms with Crippen LogP contribution < -0.4 is 78.4 Å². The quantitative estimate of drug-likeness (QED) is 0.651. The van der Waals surface area contributed by atoms with E-state index in [0.29, 0.717) is 29.0 Å². The normalized spacial score (nSPS) is 19.9. The van der Waals surface area contributed by atoms with Crippen LogP contribution in [0.5, 0.6) is 11.5 Å². The molecule has 1 unspecified atom stereocenters. The first-order chi connectivity index (χ1) is 10.7. The van der Waals surface area contributed by atoms with Gasteiger partial charge in [0.15, 0.2) is 6.29 Å². The van der Waals surface area contributed by atoms with Gasteiger partial charge >= 0.3 is 68.9 Å². The van der Waals surface area contributed by atoms with E-state index in [0.717, 1.165) is 12.0 Å². The van der Waals surface area contributed by atoms with Crippen LogP contribution in [0, 0.1) is 12.5 Å². The summed E-state index contributed by atoms with van der Waals surface area (Å²) in [4.78, 5) is 0. The number of ether oxygens (including phenoxy) is 3. The van der Waals surface area contributed by atoms with Crippen LogP contribution in [0.3, 0.4) is 0 Å². The molecule has 0 N–H and O–H groups in total. The summed E-state index contributed by atoms with van der Waals surface area (Å²) < 4.78 is 17.0. The maximum Gasteiger partial charge on any atom is 1.00 e. The van der Waals surface area contributed by atoms with E-state index in [1.165, 1.54) is 0 Å². The Kier molecular flexibility index (Phi) is 8.32. The predicted molar refractivity (Wildman–Crippen MR) is 85.8 cm³/mol. The predicted octanol–water partition coefficient (Wildman–Crippen LogP) is 1.85. The molecular weight excluding hydrogens is 433 g/mol. The monoisotopic (exact) mass is 450 g/mol. The third-order valence-corrected chi connectivity index (χ3v) is 3.75. The minimum absolute atomic E-state index is 0. The summed E-state index contributed by atoms with van der Waals surface area (Å²) in [7, 11) is 0. The smallest absolute Gasteiger partial charge is 0.520 e. The summed E-state index contributed by atoms with van der Waals surface area (Å²) in [5, 5.41) is 0.565. The van der Waals surface area contributed by atoms with E-state index in [-0.39, 0.29) is 75.2 Å². The molecule has 2 aromatic rings. The molecule has 0 spiro atoms. The van der Waals surface area contributed by atoms with Gasteiger partial charge in [-0.25, -0.2) is 6.61 Å². The first-order valence-corrected chi connectivity index (χ1v) is 7.70. The van der Waals surface area contributed by atoms with Crippen molar-refractivity contribution in [3.05, 3.63) is 65.7 Å². The van der Waals surface area contributed by atoms with Gasteiger partial charge in [-0.2, -0.15) is 0 Å². The van der Waals surface area contributed by atoms with E-state index in [1.807, 2.05) is 43.0 Å². The molecule has 1 aliphatic heterocycles. The Morgan fingerprint density at radius 3 is 2.70 bits per heavy atom. The van der Waals surface area contributed by atoms with E-state index >= 15 is 0 Å². The fourth-order valence-corrected chi connectivity index (χ4v) is 2.44. The molecule has 0 radical (unpaired) electrons. The number of benzene rings is 2. The molecule has 23 heavy (non-hydrogen) atoms. The molecule has 5 heteroatoms. The molecule has 116 valence electrons. The van der Waals surface area contributed by atoms with Crippen molar-refractivity contribution in [1.29, 1.82) is 0 Å². The molecule has 1 heterocycles. The fourth-order valence-electron chi connectivity index (χ4n) is 2.27. The molecule has 0 aromatic heterocycles. The van der Waals surface area contributed by atoms with Crippen molar-refractivity contribution >= 4 is 11.6 Å². The second-order valence-electron chi connectivity index (χ2n) is 5.40. The van der Waals surface area contributed by atoms with Crippen molar-refractivity contribution in [3.63, 3.8) is 0 Å². The maximum atomic E-state index is 6.18. The molecule has 0 amide bonds. The Morgan fingerprint density at radius 1 is 1.22 bits per heavy atom. The van der Waals surface area contributed by atoms with E-state index < -0.39 is 0 Å². The fraction of sp³-hybridized carbons (Fsp3) is 0.278. The van der Waals surface area contributed by atoms with Crippen molar-refractivity contribution in [2.75, 3.05) is 0 Å². The Hall–Kier alpha value is 0.342. The van der Waals surface area contributed by atoms with Crippen molar-refractivity contribution in [2.24, 2.45) is 5.92 Å². The van der Waals surface area contributed by atoms with Crippen LogP contribution in [0.2, 0.25) is 5.02 Å². The van der Waals surface area contributed by atoms with Gasteiger partial charge in [-0.15, -0.1) is 5.92 Å². The van der Waals surface area contributed by atoms with Gasteiger partial charge in [0.25, 0.3) is 0 Å². The van der Waals surface area contributed by atoms with Crippen molar-refractivity contribution in [2.45, 2.75) is 26.2 Å². The van der Waals surface area contributed by atoms with E-state index in [2.05, 4.69) is 6.92 Å². The number of hydrogen-bond donors (Lipinski definition) is 0. The Labute approximate surface area is 201 Å². The van der Waals surface area contributed by atoms with Crippen LogP contribution in [0.4, 0.5) is 0 Å². The Bertz CT molecular complexity index is 621. The number of hydrogen-bond acceptors (Lipinski definition) is 3. The van der Waals surface area contributed by atoms with Crippen molar-refractivity contribution in [3.8, 4) is 11.5 Å². The molecule has 1 saturated heterocycles. The van der Waals surface area contributed by atoms with Crippen LogP contribution in [-0.2, 0) is 11.3 Å². The number of halogens is 1. The van der Waals surface area contributed by atoms with E-state index in [9.17, 15) is 0 Å². The third kappa shape index (κ3) is 5.97. The zero-order chi connectivity index (χ0) is 15.4. The van der Waals surface area contributed by atoms with Gasteiger partial charge < -0.3 is 14.2 Å². The van der Waals surface area contributed by atoms with Gasteiger partial charge in [0.2, 0.25) is 0 Å². The number of rotatable bonds is 5. The molecular formula is C18H18ClCsO3. The third-order valence-electron chi connectivity index (χ3n) is 3.43. The second kappa shape index (κ2) is 9.73. The first-order valence-electron chi connectivity index (χ1n) is 7.32. The van der Waals surface area contributed by atoms with Crippen LogP contribution in [0.25, 0.3) is 0 Å².